The SMILES string of the molecule is CC1(COc2c(N3CCN(S(=O)(=O)NCc4cccc5nonc45)CC3)cnn(-c3cc(F)cc(F)c3)c2=O)CC1. The van der Waals surface area contributed by atoms with E-state index in [4.69, 9.17) is 9.37 Å². The monoisotopic (exact) mass is 587 g/mol. The van der Waals surface area contributed by atoms with Gasteiger partial charge in [-0.2, -0.15) is 27.2 Å². The molecule has 0 spiro atoms. The van der Waals surface area contributed by atoms with Crippen molar-refractivity contribution in [2.24, 2.45) is 5.41 Å². The Morgan fingerprint density at radius 2 is 1.80 bits per heavy atom. The van der Waals surface area contributed by atoms with Crippen molar-refractivity contribution in [3.63, 3.8) is 0 Å². The van der Waals surface area contributed by atoms with Gasteiger partial charge in [0.1, 0.15) is 28.4 Å². The Morgan fingerprint density at radius 3 is 2.51 bits per heavy atom. The summed E-state index contributed by atoms with van der Waals surface area (Å²) in [6.45, 7) is 3.15. The molecule has 6 rings (SSSR count). The Labute approximate surface area is 233 Å². The molecule has 3 heterocycles. The highest BCUT2D eigenvalue weighted by Crippen LogP contribution is 2.45. The predicted octanol–water partition coefficient (Wildman–Crippen LogP) is 2.38. The lowest BCUT2D eigenvalue weighted by Gasteiger charge is -2.35. The number of ether oxygens (including phenoxy) is 1. The standard InChI is InChI=1S/C26H27F2N7O5S/c1-26(5-6-26)16-39-24-22(15-29-35(25(24)36)20-12-18(27)11-19(28)13-20)33-7-9-34(10-8-33)41(37,38)30-14-17-3-2-4-21-23(17)32-40-31-21/h2-4,11-13,15,30H,5-10,14,16H2,1H3. The fraction of sp³-hybridized carbons (Fsp3) is 0.385. The van der Waals surface area contributed by atoms with E-state index in [0.29, 0.717) is 35.0 Å². The first-order chi connectivity index (χ1) is 19.6. The topological polar surface area (TPSA) is 136 Å². The van der Waals surface area contributed by atoms with Crippen LogP contribution in [0.25, 0.3) is 16.7 Å². The Balaban J connectivity index is 1.20. The number of anilines is 1. The third-order valence-corrected chi connectivity index (χ3v) is 8.96. The number of hydrogen-bond donors (Lipinski definition) is 1. The van der Waals surface area contributed by atoms with Crippen molar-refractivity contribution in [1.82, 2.24) is 29.1 Å². The summed E-state index contributed by atoms with van der Waals surface area (Å²) in [5, 5.41) is 11.8. The molecule has 15 heteroatoms. The van der Waals surface area contributed by atoms with E-state index in [9.17, 15) is 22.0 Å². The first kappa shape index (κ1) is 27.2. The molecule has 2 aromatic carbocycles. The number of rotatable bonds is 9. The van der Waals surface area contributed by atoms with Crippen molar-refractivity contribution < 1.29 is 26.6 Å². The van der Waals surface area contributed by atoms with E-state index in [0.717, 1.165) is 29.7 Å². The van der Waals surface area contributed by atoms with Crippen LogP contribution in [0.5, 0.6) is 5.75 Å². The summed E-state index contributed by atoms with van der Waals surface area (Å²) < 4.78 is 69.4. The Morgan fingerprint density at radius 1 is 1.07 bits per heavy atom. The van der Waals surface area contributed by atoms with Crippen molar-refractivity contribution in [3.8, 4) is 11.4 Å². The van der Waals surface area contributed by atoms with Gasteiger partial charge in [0.15, 0.2) is 0 Å². The van der Waals surface area contributed by atoms with Gasteiger partial charge in [0, 0.05) is 44.2 Å². The maximum absolute atomic E-state index is 13.9. The normalized spacial score (nSPS) is 17.2. The Hall–Kier alpha value is -3.95. The predicted molar refractivity (Wildman–Crippen MR) is 144 cm³/mol. The molecule has 0 atom stereocenters. The molecule has 4 aromatic rings. The van der Waals surface area contributed by atoms with Gasteiger partial charge in [-0.05, 0) is 46.9 Å². The van der Waals surface area contributed by atoms with Crippen molar-refractivity contribution >= 4 is 26.9 Å². The summed E-state index contributed by atoms with van der Waals surface area (Å²) in [5.41, 5.74) is 1.25. The summed E-state index contributed by atoms with van der Waals surface area (Å²) in [4.78, 5) is 15.3. The van der Waals surface area contributed by atoms with Gasteiger partial charge in [0.05, 0.1) is 18.5 Å². The Kier molecular flexibility index (Phi) is 6.95. The van der Waals surface area contributed by atoms with Crippen molar-refractivity contribution in [2.75, 3.05) is 37.7 Å². The van der Waals surface area contributed by atoms with Crippen LogP contribution < -0.4 is 19.9 Å². The molecule has 1 aliphatic heterocycles. The number of piperazine rings is 1. The van der Waals surface area contributed by atoms with Gasteiger partial charge in [-0.25, -0.2) is 13.4 Å². The summed E-state index contributed by atoms with van der Waals surface area (Å²) >= 11 is 0. The highest BCUT2D eigenvalue weighted by atomic mass is 32.2. The third-order valence-electron chi connectivity index (χ3n) is 7.41. The summed E-state index contributed by atoms with van der Waals surface area (Å²) in [5.74, 6) is -1.68. The molecule has 1 N–H and O–H groups in total. The van der Waals surface area contributed by atoms with Gasteiger partial charge in [-0.1, -0.05) is 19.1 Å². The highest BCUT2D eigenvalue weighted by molar-refractivity contribution is 7.87. The molecule has 1 saturated carbocycles. The lowest BCUT2D eigenvalue weighted by molar-refractivity contribution is 0.242. The van der Waals surface area contributed by atoms with Crippen LogP contribution in [0.1, 0.15) is 25.3 Å². The van der Waals surface area contributed by atoms with Crippen molar-refractivity contribution in [1.29, 1.82) is 0 Å². The van der Waals surface area contributed by atoms with Gasteiger partial charge >= 0.3 is 5.56 Å². The lowest BCUT2D eigenvalue weighted by Crippen LogP contribution is -2.52. The number of fused-ring (bicyclic) bond motifs is 1. The molecule has 0 radical (unpaired) electrons. The molecule has 2 aromatic heterocycles. The zero-order valence-corrected chi connectivity index (χ0v) is 22.9. The average Bonchev–Trinajstić information content (AvgIpc) is 3.47. The van der Waals surface area contributed by atoms with Crippen molar-refractivity contribution in [2.45, 2.75) is 26.3 Å². The molecule has 1 aliphatic carbocycles. The quantitative estimate of drug-likeness (QED) is 0.313. The fourth-order valence-electron chi connectivity index (χ4n) is 4.67. The van der Waals surface area contributed by atoms with Crippen LogP contribution in [0.15, 0.2) is 52.0 Å². The van der Waals surface area contributed by atoms with E-state index >= 15 is 0 Å². The molecular formula is C26H27F2N7O5S. The molecule has 0 unspecified atom stereocenters. The molecular weight excluding hydrogens is 560 g/mol. The summed E-state index contributed by atoms with van der Waals surface area (Å²) in [6.07, 6.45) is 3.33. The molecule has 0 amide bonds. The van der Waals surface area contributed by atoms with E-state index in [1.165, 1.54) is 10.5 Å². The number of aromatic nitrogens is 4. The third kappa shape index (κ3) is 5.64. The fourth-order valence-corrected chi connectivity index (χ4v) is 5.84. The van der Waals surface area contributed by atoms with E-state index in [2.05, 4.69) is 20.1 Å². The largest absolute Gasteiger partial charge is 0.486 e. The first-order valence-electron chi connectivity index (χ1n) is 13.0. The number of nitrogens with one attached hydrogen (secondary N) is 1. The smallest absolute Gasteiger partial charge is 0.316 e. The second-order valence-corrected chi connectivity index (χ2v) is 12.3. The molecule has 2 aliphatic rings. The maximum atomic E-state index is 13.9. The minimum Gasteiger partial charge on any atom is -0.486 e. The van der Waals surface area contributed by atoms with Crippen LogP contribution in [-0.2, 0) is 16.8 Å². The molecule has 1 saturated heterocycles. The van der Waals surface area contributed by atoms with Gasteiger partial charge in [0.25, 0.3) is 10.2 Å². The molecule has 12 nitrogen and oxygen atoms in total. The van der Waals surface area contributed by atoms with Gasteiger partial charge in [-0.3, -0.25) is 4.79 Å². The lowest BCUT2D eigenvalue weighted by atomic mass is 10.2. The Bertz CT molecular complexity index is 1750. The van der Waals surface area contributed by atoms with Crippen LogP contribution >= 0.6 is 0 Å². The van der Waals surface area contributed by atoms with E-state index in [1.54, 1.807) is 18.2 Å². The zero-order valence-electron chi connectivity index (χ0n) is 22.1. The second-order valence-electron chi connectivity index (χ2n) is 10.6. The van der Waals surface area contributed by atoms with Gasteiger partial charge in [-0.15, -0.1) is 0 Å². The first-order valence-corrected chi connectivity index (χ1v) is 14.5. The second kappa shape index (κ2) is 10.5. The number of hydrogen-bond acceptors (Lipinski definition) is 9. The summed E-state index contributed by atoms with van der Waals surface area (Å²) in [6, 6.07) is 7.94. The molecule has 0 bridgehead atoms. The number of benzene rings is 2. The van der Waals surface area contributed by atoms with Crippen LogP contribution in [0, 0.1) is 17.0 Å². The minimum atomic E-state index is -3.84. The minimum absolute atomic E-state index is 0.00143. The molecule has 216 valence electrons. The van der Waals surface area contributed by atoms with E-state index in [-0.39, 0.29) is 49.6 Å². The number of nitrogens with zero attached hydrogens (tertiary/aromatic N) is 6. The van der Waals surface area contributed by atoms with Gasteiger partial charge in [0.2, 0.25) is 5.75 Å². The summed E-state index contributed by atoms with van der Waals surface area (Å²) in [7, 11) is -3.84. The molecule has 41 heavy (non-hydrogen) atoms. The van der Waals surface area contributed by atoms with Crippen LogP contribution in [0.2, 0.25) is 0 Å². The van der Waals surface area contributed by atoms with E-state index in [1.807, 2.05) is 11.8 Å². The van der Waals surface area contributed by atoms with Crippen LogP contribution in [0.3, 0.4) is 0 Å². The maximum Gasteiger partial charge on any atom is 0.316 e. The van der Waals surface area contributed by atoms with Crippen LogP contribution in [0.4, 0.5) is 14.5 Å². The number of halogens is 2. The average molecular weight is 588 g/mol. The van der Waals surface area contributed by atoms with E-state index < -0.39 is 27.4 Å². The molecule has 2 fully saturated rings. The van der Waals surface area contributed by atoms with Crippen LogP contribution in [-0.4, -0.2) is 65.6 Å². The van der Waals surface area contributed by atoms with Gasteiger partial charge < -0.3 is 9.64 Å². The highest BCUT2D eigenvalue weighted by Gasteiger charge is 2.39. The van der Waals surface area contributed by atoms with Crippen molar-refractivity contribution in [3.05, 3.63) is 70.1 Å². The zero-order chi connectivity index (χ0) is 28.8.